The summed E-state index contributed by atoms with van der Waals surface area (Å²) >= 11 is 0. The maximum absolute atomic E-state index is 13.6. The van der Waals surface area contributed by atoms with Crippen molar-refractivity contribution < 1.29 is 23.9 Å². The number of hydrogen-bond acceptors (Lipinski definition) is 6. The summed E-state index contributed by atoms with van der Waals surface area (Å²) in [5.41, 5.74) is 3.35. The number of benzene rings is 2. The van der Waals surface area contributed by atoms with Crippen LogP contribution < -0.4 is 5.32 Å². The summed E-state index contributed by atoms with van der Waals surface area (Å²) < 4.78 is 12.2. The lowest BCUT2D eigenvalue weighted by Gasteiger charge is -2.34. The number of piperidine rings is 1. The molecule has 1 unspecified atom stereocenters. The third kappa shape index (κ3) is 5.73. The lowest BCUT2D eigenvalue weighted by atomic mass is 10.0. The molecular formula is C27H32N4O5. The van der Waals surface area contributed by atoms with Gasteiger partial charge in [0.15, 0.2) is 0 Å². The highest BCUT2D eigenvalue weighted by Gasteiger charge is 2.34. The maximum atomic E-state index is 13.6. The first-order chi connectivity index (χ1) is 17.5. The molecule has 4 rings (SSSR count). The Balaban J connectivity index is 1.67. The Hall–Kier alpha value is -3.72. The van der Waals surface area contributed by atoms with Crippen LogP contribution in [0.3, 0.4) is 0 Å². The van der Waals surface area contributed by atoms with Crippen molar-refractivity contribution in [1.29, 1.82) is 0 Å². The van der Waals surface area contributed by atoms with Crippen molar-refractivity contribution in [2.24, 2.45) is 0 Å². The molecule has 1 fully saturated rings. The van der Waals surface area contributed by atoms with Crippen molar-refractivity contribution in [2.75, 3.05) is 32.2 Å². The van der Waals surface area contributed by atoms with Crippen molar-refractivity contribution in [3.63, 3.8) is 0 Å². The van der Waals surface area contributed by atoms with Crippen molar-refractivity contribution in [1.82, 2.24) is 14.5 Å². The third-order valence-electron chi connectivity index (χ3n) is 6.32. The van der Waals surface area contributed by atoms with Crippen LogP contribution >= 0.6 is 0 Å². The molecule has 0 saturated carbocycles. The molecule has 190 valence electrons. The van der Waals surface area contributed by atoms with E-state index in [-0.39, 0.29) is 31.0 Å². The molecule has 1 aliphatic rings. The zero-order chi connectivity index (χ0) is 25.5. The number of nitrogens with one attached hydrogen (secondary N) is 1. The van der Waals surface area contributed by atoms with Gasteiger partial charge in [-0.1, -0.05) is 30.3 Å². The highest BCUT2D eigenvalue weighted by atomic mass is 16.5. The summed E-state index contributed by atoms with van der Waals surface area (Å²) in [6.45, 7) is 3.02. The Morgan fingerprint density at radius 1 is 1.14 bits per heavy atom. The second-order valence-corrected chi connectivity index (χ2v) is 8.81. The maximum Gasteiger partial charge on any atom is 0.328 e. The number of aryl methyl sites for hydroxylation is 2. The van der Waals surface area contributed by atoms with Gasteiger partial charge in [-0.25, -0.2) is 9.78 Å². The van der Waals surface area contributed by atoms with Crippen LogP contribution in [0.25, 0.3) is 11.0 Å². The molecule has 3 aromatic rings. The molecule has 9 heteroatoms. The van der Waals surface area contributed by atoms with E-state index in [1.165, 1.54) is 12.7 Å². The third-order valence-corrected chi connectivity index (χ3v) is 6.32. The first-order valence-corrected chi connectivity index (χ1v) is 12.3. The van der Waals surface area contributed by atoms with E-state index in [1.54, 1.807) is 30.3 Å². The standard InChI is InChI=1S/C27H32N4O5/c1-3-36-27(34)23-11-7-8-13-31(23)26(33)20-15-21-25(22(16-20)29-24(32)17-35-2)30(18-28-21)14-12-19-9-5-4-6-10-19/h4-6,9-10,15-16,18,23H,3,7-8,11-14,17H2,1-2H3,(H,29,32). The number of carbonyl (C=O) groups excluding carboxylic acids is 3. The van der Waals surface area contributed by atoms with Crippen molar-refractivity contribution in [2.45, 2.75) is 45.2 Å². The van der Waals surface area contributed by atoms with E-state index in [9.17, 15) is 14.4 Å². The quantitative estimate of drug-likeness (QED) is 0.459. The van der Waals surface area contributed by atoms with Gasteiger partial charge in [0, 0.05) is 25.8 Å². The Labute approximate surface area is 210 Å². The highest BCUT2D eigenvalue weighted by molar-refractivity contribution is 6.06. The van der Waals surface area contributed by atoms with E-state index in [2.05, 4.69) is 22.4 Å². The minimum atomic E-state index is -0.614. The first kappa shape index (κ1) is 25.4. The number of nitrogens with zero attached hydrogens (tertiary/aromatic N) is 3. The van der Waals surface area contributed by atoms with E-state index in [0.29, 0.717) is 36.3 Å². The van der Waals surface area contributed by atoms with Crippen LogP contribution in [0.2, 0.25) is 0 Å². The van der Waals surface area contributed by atoms with Gasteiger partial charge in [0.2, 0.25) is 5.91 Å². The van der Waals surface area contributed by atoms with Gasteiger partial charge in [-0.3, -0.25) is 9.59 Å². The molecule has 1 saturated heterocycles. The number of rotatable bonds is 9. The number of hydrogen-bond donors (Lipinski definition) is 1. The zero-order valence-electron chi connectivity index (χ0n) is 20.7. The van der Waals surface area contributed by atoms with E-state index in [1.807, 2.05) is 22.8 Å². The van der Waals surface area contributed by atoms with Crippen LogP contribution in [0.15, 0.2) is 48.8 Å². The molecule has 36 heavy (non-hydrogen) atoms. The van der Waals surface area contributed by atoms with Gasteiger partial charge in [0.1, 0.15) is 12.6 Å². The molecule has 0 radical (unpaired) electrons. The van der Waals surface area contributed by atoms with Gasteiger partial charge in [-0.2, -0.15) is 0 Å². The Morgan fingerprint density at radius 2 is 1.94 bits per heavy atom. The topological polar surface area (TPSA) is 103 Å². The fraction of sp³-hybridized carbons (Fsp3) is 0.407. The normalized spacial score (nSPS) is 15.6. The summed E-state index contributed by atoms with van der Waals surface area (Å²) in [5.74, 6) is -0.997. The Morgan fingerprint density at radius 3 is 2.69 bits per heavy atom. The molecule has 0 aliphatic carbocycles. The molecule has 1 aromatic heterocycles. The predicted octanol–water partition coefficient (Wildman–Crippen LogP) is 3.42. The molecule has 1 N–H and O–H groups in total. The van der Waals surface area contributed by atoms with E-state index in [4.69, 9.17) is 9.47 Å². The van der Waals surface area contributed by atoms with Crippen LogP contribution in [0.5, 0.6) is 0 Å². The molecular weight excluding hydrogens is 460 g/mol. The van der Waals surface area contributed by atoms with Crippen molar-refractivity contribution in [3.8, 4) is 0 Å². The van der Waals surface area contributed by atoms with E-state index >= 15 is 0 Å². The number of carbonyl (C=O) groups is 3. The number of amides is 2. The lowest BCUT2D eigenvalue weighted by molar-refractivity contribution is -0.149. The zero-order valence-corrected chi connectivity index (χ0v) is 20.7. The van der Waals surface area contributed by atoms with Gasteiger partial charge in [0.05, 0.1) is 29.7 Å². The minimum absolute atomic E-state index is 0.116. The largest absolute Gasteiger partial charge is 0.464 e. The second-order valence-electron chi connectivity index (χ2n) is 8.81. The number of imidazole rings is 1. The minimum Gasteiger partial charge on any atom is -0.464 e. The Kier molecular flexibility index (Phi) is 8.32. The number of ether oxygens (including phenoxy) is 2. The first-order valence-electron chi connectivity index (χ1n) is 12.3. The number of esters is 1. The van der Waals surface area contributed by atoms with Crippen LogP contribution in [0.4, 0.5) is 5.69 Å². The summed E-state index contributed by atoms with van der Waals surface area (Å²) in [7, 11) is 1.45. The molecule has 2 aromatic carbocycles. The fourth-order valence-electron chi connectivity index (χ4n) is 4.63. The molecule has 0 bridgehead atoms. The number of fused-ring (bicyclic) bond motifs is 1. The van der Waals surface area contributed by atoms with E-state index in [0.717, 1.165) is 24.8 Å². The fourth-order valence-corrected chi connectivity index (χ4v) is 4.63. The number of anilines is 1. The second kappa shape index (κ2) is 11.8. The molecule has 1 aliphatic heterocycles. The summed E-state index contributed by atoms with van der Waals surface area (Å²) in [6, 6.07) is 12.9. The number of aromatic nitrogens is 2. The van der Waals surface area contributed by atoms with E-state index < -0.39 is 6.04 Å². The summed E-state index contributed by atoms with van der Waals surface area (Å²) in [5, 5.41) is 2.88. The van der Waals surface area contributed by atoms with Gasteiger partial charge in [-0.15, -0.1) is 0 Å². The monoisotopic (exact) mass is 492 g/mol. The van der Waals surface area contributed by atoms with Crippen LogP contribution in [0.1, 0.15) is 42.1 Å². The SMILES string of the molecule is CCOC(=O)C1CCCCN1C(=O)c1cc(NC(=O)COC)c2c(c1)ncn2CCc1ccccc1. The highest BCUT2D eigenvalue weighted by Crippen LogP contribution is 2.28. The number of methoxy groups -OCH3 is 1. The lowest BCUT2D eigenvalue weighted by Crippen LogP contribution is -2.48. The molecule has 1 atom stereocenters. The average molecular weight is 493 g/mol. The smallest absolute Gasteiger partial charge is 0.328 e. The van der Waals surface area contributed by atoms with Gasteiger partial charge < -0.3 is 24.3 Å². The van der Waals surface area contributed by atoms with Crippen LogP contribution in [-0.4, -0.2) is 65.1 Å². The van der Waals surface area contributed by atoms with Crippen LogP contribution in [0, 0.1) is 0 Å². The molecule has 0 spiro atoms. The molecule has 2 amide bonds. The van der Waals surface area contributed by atoms with Gasteiger partial charge in [-0.05, 0) is 50.3 Å². The summed E-state index contributed by atoms with van der Waals surface area (Å²) in [6.07, 6.45) is 4.74. The number of likely N-dealkylation sites (tertiary alicyclic amines) is 1. The molecule has 2 heterocycles. The van der Waals surface area contributed by atoms with Crippen molar-refractivity contribution in [3.05, 3.63) is 59.9 Å². The Bertz CT molecular complexity index is 1220. The molecule has 9 nitrogen and oxygen atoms in total. The van der Waals surface area contributed by atoms with Gasteiger partial charge >= 0.3 is 5.97 Å². The van der Waals surface area contributed by atoms with Gasteiger partial charge in [0.25, 0.3) is 5.91 Å². The predicted molar refractivity (Wildman–Crippen MR) is 136 cm³/mol. The van der Waals surface area contributed by atoms with Crippen LogP contribution in [-0.2, 0) is 32.0 Å². The average Bonchev–Trinajstić information content (AvgIpc) is 3.31. The summed E-state index contributed by atoms with van der Waals surface area (Å²) in [4.78, 5) is 44.7. The van der Waals surface area contributed by atoms with Crippen molar-refractivity contribution >= 4 is 34.5 Å².